The lowest BCUT2D eigenvalue weighted by Gasteiger charge is -2.29. The van der Waals surface area contributed by atoms with Gasteiger partial charge in [0, 0.05) is 74.2 Å². The summed E-state index contributed by atoms with van der Waals surface area (Å²) in [7, 11) is 0. The Kier molecular flexibility index (Phi) is 14.5. The highest BCUT2D eigenvalue weighted by Gasteiger charge is 2.20. The number of hydrogen-bond donors (Lipinski definition) is 0. The van der Waals surface area contributed by atoms with Crippen LogP contribution in [-0.4, -0.2) is 0 Å². The molecule has 0 fully saturated rings. The van der Waals surface area contributed by atoms with Gasteiger partial charge in [0.05, 0.1) is 0 Å². The van der Waals surface area contributed by atoms with Gasteiger partial charge in [-0.2, -0.15) is 0 Å². The predicted molar refractivity (Wildman–Crippen MR) is 329 cm³/mol. The molecule has 78 heavy (non-hydrogen) atoms. The summed E-state index contributed by atoms with van der Waals surface area (Å²) < 4.78 is 0. The minimum absolute atomic E-state index is 0.264. The van der Waals surface area contributed by atoms with Gasteiger partial charge in [-0.1, -0.05) is 188 Å². The fraction of sp³-hybridized carbons (Fsp3) is 0.0270. The van der Waals surface area contributed by atoms with Crippen molar-refractivity contribution in [1.29, 1.82) is 0 Å². The predicted octanol–water partition coefficient (Wildman–Crippen LogP) is 20.6. The van der Waals surface area contributed by atoms with E-state index in [-0.39, 0.29) is 5.92 Å². The van der Waals surface area contributed by atoms with Gasteiger partial charge < -0.3 is 19.6 Å². The summed E-state index contributed by atoms with van der Waals surface area (Å²) in [5.41, 5.74) is 19.2. The van der Waals surface area contributed by atoms with Crippen LogP contribution in [0.5, 0.6) is 0 Å². The molecular formula is C74H58N4. The number of anilines is 12. The van der Waals surface area contributed by atoms with Crippen LogP contribution in [0.4, 0.5) is 68.2 Å². The Hall–Kier alpha value is -10.2. The van der Waals surface area contributed by atoms with E-state index in [0.717, 1.165) is 85.8 Å². The summed E-state index contributed by atoms with van der Waals surface area (Å²) in [6.45, 7) is 0. The average Bonchev–Trinajstić information content (AvgIpc) is 3.54. The molecule has 0 aliphatic heterocycles. The molecular weight excluding hydrogens is 945 g/mol. The second-order valence-corrected chi connectivity index (χ2v) is 19.4. The van der Waals surface area contributed by atoms with E-state index < -0.39 is 0 Å². The van der Waals surface area contributed by atoms with Crippen LogP contribution in [0, 0.1) is 0 Å². The molecule has 0 aromatic heterocycles. The van der Waals surface area contributed by atoms with Crippen molar-refractivity contribution >= 4 is 68.2 Å². The largest absolute Gasteiger partial charge is 0.311 e. The van der Waals surface area contributed by atoms with Crippen molar-refractivity contribution in [1.82, 2.24) is 0 Å². The molecule has 12 aromatic carbocycles. The highest BCUT2D eigenvalue weighted by Crippen LogP contribution is 2.43. The van der Waals surface area contributed by atoms with E-state index in [1.54, 1.807) is 0 Å². The molecule has 12 aromatic rings. The summed E-state index contributed by atoms with van der Waals surface area (Å²) >= 11 is 0. The van der Waals surface area contributed by atoms with E-state index in [2.05, 4.69) is 353 Å². The van der Waals surface area contributed by atoms with Gasteiger partial charge in [-0.05, 0) is 180 Å². The molecule has 0 amide bonds. The molecule has 0 heterocycles. The summed E-state index contributed by atoms with van der Waals surface area (Å²) in [6, 6.07) is 119. The Labute approximate surface area is 459 Å². The van der Waals surface area contributed by atoms with E-state index in [1.807, 2.05) is 0 Å². The van der Waals surface area contributed by atoms with E-state index in [0.29, 0.717) is 0 Å². The zero-order valence-corrected chi connectivity index (χ0v) is 43.3. The molecule has 4 nitrogen and oxygen atoms in total. The highest BCUT2D eigenvalue weighted by atomic mass is 15.2. The van der Waals surface area contributed by atoms with Gasteiger partial charge in [0.15, 0.2) is 0 Å². The normalized spacial score (nSPS) is 11.0. The first kappa shape index (κ1) is 48.8. The van der Waals surface area contributed by atoms with E-state index in [4.69, 9.17) is 0 Å². The van der Waals surface area contributed by atoms with Crippen LogP contribution in [-0.2, 0) is 6.42 Å². The summed E-state index contributed by atoms with van der Waals surface area (Å²) in [5.74, 6) is 0.264. The van der Waals surface area contributed by atoms with E-state index in [1.165, 1.54) is 16.7 Å². The standard InChI is InChI=1S/C74H58N4/c1-8-22-60(23-9-1)74(61-24-10-2-11-25-61)56-57-36-42-67(43-37-57)77(66-34-20-7-21-35-66)68-44-38-58(39-45-68)59-40-46-69(47-41-59)78(72-52-48-70(49-53-72)75(62-26-12-3-13-27-62)63-28-14-4-15-29-63)73-54-50-71(51-55-73)76(64-30-16-5-17-31-64)65-32-18-6-19-33-65/h1-55,74H,56H2. The average molecular weight is 1000 g/mol. The molecule has 0 radical (unpaired) electrons. The molecule has 0 unspecified atom stereocenters. The first-order valence-electron chi connectivity index (χ1n) is 26.8. The number of nitrogens with zero attached hydrogens (tertiary/aromatic N) is 4. The molecule has 374 valence electrons. The van der Waals surface area contributed by atoms with Crippen molar-refractivity contribution in [3.63, 3.8) is 0 Å². The second kappa shape index (κ2) is 23.2. The zero-order valence-electron chi connectivity index (χ0n) is 43.3. The Morgan fingerprint density at radius 3 is 0.590 bits per heavy atom. The monoisotopic (exact) mass is 1000 g/mol. The summed E-state index contributed by atoms with van der Waals surface area (Å²) in [6.07, 6.45) is 0.911. The fourth-order valence-corrected chi connectivity index (χ4v) is 10.6. The Morgan fingerprint density at radius 1 is 0.179 bits per heavy atom. The van der Waals surface area contributed by atoms with Gasteiger partial charge in [-0.25, -0.2) is 0 Å². The smallest absolute Gasteiger partial charge is 0.0463 e. The lowest BCUT2D eigenvalue weighted by Crippen LogP contribution is -2.13. The van der Waals surface area contributed by atoms with Gasteiger partial charge in [0.1, 0.15) is 0 Å². The van der Waals surface area contributed by atoms with Gasteiger partial charge in [0.2, 0.25) is 0 Å². The van der Waals surface area contributed by atoms with Crippen LogP contribution in [0.2, 0.25) is 0 Å². The molecule has 0 bridgehead atoms. The van der Waals surface area contributed by atoms with Crippen molar-refractivity contribution in [3.8, 4) is 11.1 Å². The lowest BCUT2D eigenvalue weighted by atomic mass is 9.86. The van der Waals surface area contributed by atoms with Crippen molar-refractivity contribution in [2.75, 3.05) is 19.6 Å². The van der Waals surface area contributed by atoms with Crippen LogP contribution < -0.4 is 19.6 Å². The molecule has 0 atom stereocenters. The van der Waals surface area contributed by atoms with Crippen LogP contribution in [0.1, 0.15) is 22.6 Å². The SMILES string of the molecule is c1ccc(C(Cc2ccc(N(c3ccccc3)c3ccc(-c4ccc(N(c5ccc(N(c6ccccc6)c6ccccc6)cc5)c5ccc(N(c6ccccc6)c6ccccc6)cc5)cc4)cc3)cc2)c2ccccc2)cc1. The minimum Gasteiger partial charge on any atom is -0.311 e. The third-order valence-electron chi connectivity index (χ3n) is 14.4. The second-order valence-electron chi connectivity index (χ2n) is 19.4. The Morgan fingerprint density at radius 2 is 0.359 bits per heavy atom. The quantitative estimate of drug-likeness (QED) is 0.0901. The highest BCUT2D eigenvalue weighted by molar-refractivity contribution is 5.85. The molecule has 12 rings (SSSR count). The number of para-hydroxylation sites is 5. The maximum atomic E-state index is 2.34. The zero-order chi connectivity index (χ0) is 52.3. The van der Waals surface area contributed by atoms with Crippen LogP contribution in [0.15, 0.2) is 334 Å². The van der Waals surface area contributed by atoms with Crippen LogP contribution in [0.3, 0.4) is 0 Å². The molecule has 0 spiro atoms. The molecule has 0 saturated heterocycles. The van der Waals surface area contributed by atoms with E-state index >= 15 is 0 Å². The van der Waals surface area contributed by atoms with Gasteiger partial charge in [-0.15, -0.1) is 0 Å². The van der Waals surface area contributed by atoms with Gasteiger partial charge in [-0.3, -0.25) is 0 Å². The fourth-order valence-electron chi connectivity index (χ4n) is 10.6. The van der Waals surface area contributed by atoms with Gasteiger partial charge in [0.25, 0.3) is 0 Å². The molecule has 4 heteroatoms. The Bertz CT molecular complexity index is 3510. The maximum Gasteiger partial charge on any atom is 0.0463 e. The number of benzene rings is 12. The van der Waals surface area contributed by atoms with Crippen molar-refractivity contribution in [2.24, 2.45) is 0 Å². The molecule has 0 aliphatic rings. The lowest BCUT2D eigenvalue weighted by molar-refractivity contribution is 0.805. The van der Waals surface area contributed by atoms with E-state index in [9.17, 15) is 0 Å². The number of hydrogen-bond acceptors (Lipinski definition) is 4. The third kappa shape index (κ3) is 10.8. The Balaban J connectivity index is 0.853. The first-order chi connectivity index (χ1) is 38.7. The van der Waals surface area contributed by atoms with Crippen LogP contribution >= 0.6 is 0 Å². The molecule has 0 aliphatic carbocycles. The van der Waals surface area contributed by atoms with Crippen LogP contribution in [0.25, 0.3) is 11.1 Å². The maximum absolute atomic E-state index is 2.34. The summed E-state index contributed by atoms with van der Waals surface area (Å²) in [5, 5.41) is 0. The molecule has 0 saturated carbocycles. The third-order valence-corrected chi connectivity index (χ3v) is 14.4. The van der Waals surface area contributed by atoms with Crippen molar-refractivity contribution < 1.29 is 0 Å². The number of rotatable bonds is 17. The van der Waals surface area contributed by atoms with Gasteiger partial charge >= 0.3 is 0 Å². The van der Waals surface area contributed by atoms with Crippen molar-refractivity contribution in [3.05, 3.63) is 350 Å². The van der Waals surface area contributed by atoms with Crippen molar-refractivity contribution in [2.45, 2.75) is 12.3 Å². The summed E-state index contributed by atoms with van der Waals surface area (Å²) in [4.78, 5) is 9.29. The first-order valence-corrected chi connectivity index (χ1v) is 26.8. The topological polar surface area (TPSA) is 13.0 Å². The minimum atomic E-state index is 0.264. The molecule has 0 N–H and O–H groups in total.